The Morgan fingerprint density at radius 2 is 2.05 bits per heavy atom. The summed E-state index contributed by atoms with van der Waals surface area (Å²) >= 11 is 0. The van der Waals surface area contributed by atoms with Gasteiger partial charge in [0, 0.05) is 7.05 Å². The van der Waals surface area contributed by atoms with Crippen LogP contribution in [-0.4, -0.2) is 41.1 Å². The predicted molar refractivity (Wildman–Crippen MR) is 63.9 cm³/mol. The van der Waals surface area contributed by atoms with Gasteiger partial charge in [-0.2, -0.15) is 0 Å². The van der Waals surface area contributed by atoms with Crippen LogP contribution in [0.25, 0.3) is 0 Å². The van der Waals surface area contributed by atoms with Crippen molar-refractivity contribution < 1.29 is 24.2 Å². The Morgan fingerprint density at radius 1 is 1.37 bits per heavy atom. The maximum absolute atomic E-state index is 11.5. The second-order valence-electron chi connectivity index (χ2n) is 3.51. The van der Waals surface area contributed by atoms with E-state index in [1.807, 2.05) is 0 Å². The van der Waals surface area contributed by atoms with Crippen LogP contribution in [0.1, 0.15) is 17.4 Å². The molecule has 1 heterocycles. The summed E-state index contributed by atoms with van der Waals surface area (Å²) in [5.74, 6) is -1.55. The minimum Gasteiger partial charge on any atom is -0.479 e. The zero-order chi connectivity index (χ0) is 14.4. The van der Waals surface area contributed by atoms with Gasteiger partial charge >= 0.3 is 12.0 Å². The molecule has 1 rings (SSSR count). The lowest BCUT2D eigenvalue weighted by Gasteiger charge is -2.13. The Kier molecular flexibility index (Phi) is 4.81. The third-order valence-electron chi connectivity index (χ3n) is 2.10. The van der Waals surface area contributed by atoms with Crippen LogP contribution in [0, 0.1) is 0 Å². The molecule has 0 aromatic carbocycles. The van der Waals surface area contributed by atoms with Crippen molar-refractivity contribution in [3.63, 3.8) is 0 Å². The summed E-state index contributed by atoms with van der Waals surface area (Å²) in [6, 6.07) is 1.99. The highest BCUT2D eigenvalue weighted by Crippen LogP contribution is 2.11. The molecular formula is C11H13N3O5. The molecule has 0 fully saturated rings. The third-order valence-corrected chi connectivity index (χ3v) is 2.10. The maximum atomic E-state index is 11.5. The van der Waals surface area contributed by atoms with Gasteiger partial charge in [-0.1, -0.05) is 0 Å². The summed E-state index contributed by atoms with van der Waals surface area (Å²) < 4.78 is 5.21. The van der Waals surface area contributed by atoms with Crippen molar-refractivity contribution in [2.45, 2.75) is 13.0 Å². The standard InChI is InChI=1S/C11H13N3O5/c1-6(9(15)14-11(18)12-2)19-7-3-4-8(10(16)17)13-5-7/h3-6H,1-2H3,(H,16,17)(H2,12,14,15,18). The van der Waals surface area contributed by atoms with Crippen LogP contribution in [0.15, 0.2) is 18.3 Å². The summed E-state index contributed by atoms with van der Waals surface area (Å²) in [5, 5.41) is 12.9. The highest BCUT2D eigenvalue weighted by atomic mass is 16.5. The molecule has 1 unspecified atom stereocenters. The van der Waals surface area contributed by atoms with Gasteiger partial charge in [0.05, 0.1) is 6.20 Å². The lowest BCUT2D eigenvalue weighted by molar-refractivity contribution is -0.126. The number of urea groups is 1. The predicted octanol–water partition coefficient (Wildman–Crippen LogP) is 0.00270. The van der Waals surface area contributed by atoms with Crippen LogP contribution < -0.4 is 15.4 Å². The number of amides is 3. The van der Waals surface area contributed by atoms with Crippen molar-refractivity contribution >= 4 is 17.9 Å². The number of pyridine rings is 1. The molecule has 0 radical (unpaired) electrons. The molecule has 8 nitrogen and oxygen atoms in total. The summed E-state index contributed by atoms with van der Waals surface area (Å²) in [5.41, 5.74) is -0.130. The molecule has 0 saturated carbocycles. The van der Waals surface area contributed by atoms with E-state index in [-0.39, 0.29) is 11.4 Å². The van der Waals surface area contributed by atoms with E-state index in [4.69, 9.17) is 9.84 Å². The Morgan fingerprint density at radius 3 is 2.53 bits per heavy atom. The molecular weight excluding hydrogens is 254 g/mol. The molecule has 0 aliphatic carbocycles. The molecule has 0 saturated heterocycles. The van der Waals surface area contributed by atoms with Crippen LogP contribution in [-0.2, 0) is 4.79 Å². The van der Waals surface area contributed by atoms with Crippen molar-refractivity contribution in [3.05, 3.63) is 24.0 Å². The fourth-order valence-electron chi connectivity index (χ4n) is 1.11. The molecule has 1 atom stereocenters. The Labute approximate surface area is 108 Å². The smallest absolute Gasteiger partial charge is 0.354 e. The largest absolute Gasteiger partial charge is 0.479 e. The Balaban J connectivity index is 2.61. The van der Waals surface area contributed by atoms with E-state index in [0.717, 1.165) is 0 Å². The van der Waals surface area contributed by atoms with E-state index in [0.29, 0.717) is 0 Å². The quantitative estimate of drug-likeness (QED) is 0.707. The van der Waals surface area contributed by atoms with Gasteiger partial charge in [0.2, 0.25) is 0 Å². The third kappa shape index (κ3) is 4.26. The lowest BCUT2D eigenvalue weighted by Crippen LogP contribution is -2.43. The highest BCUT2D eigenvalue weighted by molar-refractivity contribution is 5.96. The first-order valence-corrected chi connectivity index (χ1v) is 5.32. The number of hydrogen-bond donors (Lipinski definition) is 3. The van der Waals surface area contributed by atoms with E-state index in [1.165, 1.54) is 32.3 Å². The van der Waals surface area contributed by atoms with Gasteiger partial charge in [0.25, 0.3) is 5.91 Å². The summed E-state index contributed by atoms with van der Waals surface area (Å²) in [6.07, 6.45) is 0.266. The van der Waals surface area contributed by atoms with Crippen LogP contribution in [0.3, 0.4) is 0 Å². The normalized spacial score (nSPS) is 11.3. The molecule has 102 valence electrons. The van der Waals surface area contributed by atoms with E-state index >= 15 is 0 Å². The summed E-state index contributed by atoms with van der Waals surface area (Å²) in [7, 11) is 1.38. The van der Waals surface area contributed by atoms with Gasteiger partial charge in [0.15, 0.2) is 6.10 Å². The van der Waals surface area contributed by atoms with Crippen LogP contribution in [0.5, 0.6) is 5.75 Å². The van der Waals surface area contributed by atoms with E-state index < -0.39 is 24.0 Å². The van der Waals surface area contributed by atoms with E-state index in [9.17, 15) is 14.4 Å². The van der Waals surface area contributed by atoms with Gasteiger partial charge in [-0.15, -0.1) is 0 Å². The van der Waals surface area contributed by atoms with Crippen molar-refractivity contribution in [1.29, 1.82) is 0 Å². The van der Waals surface area contributed by atoms with Crippen LogP contribution in [0.4, 0.5) is 4.79 Å². The van der Waals surface area contributed by atoms with Gasteiger partial charge < -0.3 is 15.2 Å². The summed E-state index contributed by atoms with van der Waals surface area (Å²) in [4.78, 5) is 36.6. The minimum absolute atomic E-state index is 0.130. The number of carbonyl (C=O) groups is 3. The van der Waals surface area contributed by atoms with Gasteiger partial charge in [-0.05, 0) is 19.1 Å². The first kappa shape index (κ1) is 14.4. The van der Waals surface area contributed by atoms with Crippen molar-refractivity contribution in [2.75, 3.05) is 7.05 Å². The highest BCUT2D eigenvalue weighted by Gasteiger charge is 2.17. The molecule has 3 amide bonds. The number of carboxylic acids is 1. The molecule has 0 spiro atoms. The molecule has 1 aromatic rings. The second kappa shape index (κ2) is 6.34. The number of nitrogens with zero attached hydrogens (tertiary/aromatic N) is 1. The maximum Gasteiger partial charge on any atom is 0.354 e. The fraction of sp³-hybridized carbons (Fsp3) is 0.273. The first-order valence-electron chi connectivity index (χ1n) is 5.32. The average Bonchev–Trinajstić information content (AvgIpc) is 2.38. The number of carbonyl (C=O) groups excluding carboxylic acids is 2. The number of nitrogens with one attached hydrogen (secondary N) is 2. The average molecular weight is 267 g/mol. The van der Waals surface area contributed by atoms with Crippen molar-refractivity contribution in [1.82, 2.24) is 15.6 Å². The molecule has 1 aromatic heterocycles. The zero-order valence-electron chi connectivity index (χ0n) is 10.3. The Bertz CT molecular complexity index is 486. The van der Waals surface area contributed by atoms with Gasteiger partial charge in [-0.25, -0.2) is 14.6 Å². The number of imide groups is 1. The number of aromatic carboxylic acids is 1. The number of hydrogen-bond acceptors (Lipinski definition) is 5. The molecule has 19 heavy (non-hydrogen) atoms. The van der Waals surface area contributed by atoms with Gasteiger partial charge in [0.1, 0.15) is 11.4 Å². The number of rotatable bonds is 4. The molecule has 8 heteroatoms. The van der Waals surface area contributed by atoms with Crippen LogP contribution >= 0.6 is 0 Å². The number of aromatic nitrogens is 1. The SMILES string of the molecule is CNC(=O)NC(=O)C(C)Oc1ccc(C(=O)O)nc1. The number of carboxylic acid groups (broad SMARTS) is 1. The minimum atomic E-state index is -1.16. The van der Waals surface area contributed by atoms with Crippen LogP contribution in [0.2, 0.25) is 0 Å². The fourth-order valence-corrected chi connectivity index (χ4v) is 1.11. The molecule has 0 aliphatic heterocycles. The van der Waals surface area contributed by atoms with E-state index in [2.05, 4.69) is 15.6 Å². The second-order valence-corrected chi connectivity index (χ2v) is 3.51. The molecule has 3 N–H and O–H groups in total. The van der Waals surface area contributed by atoms with Crippen molar-refractivity contribution in [2.24, 2.45) is 0 Å². The van der Waals surface area contributed by atoms with Gasteiger partial charge in [-0.3, -0.25) is 10.1 Å². The van der Waals surface area contributed by atoms with Crippen molar-refractivity contribution in [3.8, 4) is 5.75 Å². The summed E-state index contributed by atoms with van der Waals surface area (Å²) in [6.45, 7) is 1.45. The topological polar surface area (TPSA) is 118 Å². The number of ether oxygens (including phenoxy) is 1. The molecule has 0 bridgehead atoms. The molecule has 0 aliphatic rings. The van der Waals surface area contributed by atoms with E-state index in [1.54, 1.807) is 0 Å². The zero-order valence-corrected chi connectivity index (χ0v) is 10.3. The first-order chi connectivity index (χ1) is 8.93. The monoisotopic (exact) mass is 267 g/mol. The lowest BCUT2D eigenvalue weighted by atomic mass is 10.3. The Hall–Kier alpha value is -2.64.